The molecule has 0 saturated heterocycles. The number of aryl methyl sites for hydroxylation is 1. The summed E-state index contributed by atoms with van der Waals surface area (Å²) in [5, 5.41) is 11.4. The van der Waals surface area contributed by atoms with Gasteiger partial charge in [0.25, 0.3) is 5.91 Å². The molecule has 0 fully saturated rings. The van der Waals surface area contributed by atoms with Gasteiger partial charge in [-0.05, 0) is 59.8 Å². The zero-order valence-corrected chi connectivity index (χ0v) is 14.0. The van der Waals surface area contributed by atoms with Crippen molar-refractivity contribution in [3.05, 3.63) is 69.6 Å². The van der Waals surface area contributed by atoms with Crippen molar-refractivity contribution in [1.82, 2.24) is 15.0 Å². The first-order valence-electron chi connectivity index (χ1n) is 6.70. The summed E-state index contributed by atoms with van der Waals surface area (Å²) >= 11 is 2.20. The Balaban J connectivity index is 1.86. The molecule has 0 saturated carbocycles. The van der Waals surface area contributed by atoms with Crippen LogP contribution in [0.4, 0.5) is 5.69 Å². The first kappa shape index (κ1) is 14.7. The molecule has 3 aromatic rings. The summed E-state index contributed by atoms with van der Waals surface area (Å²) in [6, 6.07) is 17.1. The number of hydrogen-bond acceptors (Lipinski definition) is 3. The van der Waals surface area contributed by atoms with Gasteiger partial charge in [-0.25, -0.2) is 0 Å². The minimum Gasteiger partial charge on any atom is -0.321 e. The Hall–Kier alpha value is -2.22. The second-order valence-corrected chi connectivity index (χ2v) is 5.97. The smallest absolute Gasteiger partial charge is 0.278 e. The highest BCUT2D eigenvalue weighted by molar-refractivity contribution is 14.1. The third kappa shape index (κ3) is 3.16. The molecular weight excluding hydrogens is 391 g/mol. The lowest BCUT2D eigenvalue weighted by atomic mass is 10.3. The molecule has 0 radical (unpaired) electrons. The highest BCUT2D eigenvalue weighted by Gasteiger charge is 2.16. The van der Waals surface area contributed by atoms with E-state index < -0.39 is 0 Å². The molecule has 2 aromatic carbocycles. The Labute approximate surface area is 141 Å². The van der Waals surface area contributed by atoms with Crippen LogP contribution in [0.5, 0.6) is 0 Å². The summed E-state index contributed by atoms with van der Waals surface area (Å²) < 4.78 is 1.06. The van der Waals surface area contributed by atoms with Gasteiger partial charge in [-0.2, -0.15) is 9.90 Å². The van der Waals surface area contributed by atoms with Crippen LogP contribution in [0.3, 0.4) is 0 Å². The predicted octanol–water partition coefficient (Wildman–Crippen LogP) is 3.43. The van der Waals surface area contributed by atoms with E-state index in [1.54, 1.807) is 6.92 Å². The first-order valence-corrected chi connectivity index (χ1v) is 7.77. The topological polar surface area (TPSA) is 59.8 Å². The molecule has 0 atom stereocenters. The van der Waals surface area contributed by atoms with Gasteiger partial charge in [0.05, 0.1) is 11.4 Å². The molecule has 22 heavy (non-hydrogen) atoms. The van der Waals surface area contributed by atoms with Crippen molar-refractivity contribution in [3.8, 4) is 5.69 Å². The maximum atomic E-state index is 12.4. The van der Waals surface area contributed by atoms with Crippen molar-refractivity contribution in [3.63, 3.8) is 0 Å². The fraction of sp³-hybridized carbons (Fsp3) is 0.0625. The first-order chi connectivity index (χ1) is 10.6. The summed E-state index contributed by atoms with van der Waals surface area (Å²) in [4.78, 5) is 13.8. The predicted molar refractivity (Wildman–Crippen MR) is 93.2 cm³/mol. The number of amides is 1. The number of rotatable bonds is 3. The standard InChI is InChI=1S/C16H13IN4O/c1-11-15(16(22)18-13-7-5-6-12(17)10-13)20-21(19-11)14-8-3-2-4-9-14/h2-10H,1H3,(H,18,22). The Bertz CT molecular complexity index is 814. The number of carbonyl (C=O) groups excluding carboxylic acids is 1. The lowest BCUT2D eigenvalue weighted by Gasteiger charge is -2.03. The van der Waals surface area contributed by atoms with Crippen LogP contribution >= 0.6 is 22.6 Å². The zero-order valence-electron chi connectivity index (χ0n) is 11.8. The lowest BCUT2D eigenvalue weighted by Crippen LogP contribution is -2.14. The number of nitrogens with one attached hydrogen (secondary N) is 1. The zero-order chi connectivity index (χ0) is 15.5. The number of hydrogen-bond donors (Lipinski definition) is 1. The van der Waals surface area contributed by atoms with Crippen molar-refractivity contribution >= 4 is 34.2 Å². The van der Waals surface area contributed by atoms with Crippen molar-refractivity contribution in [2.24, 2.45) is 0 Å². The summed E-state index contributed by atoms with van der Waals surface area (Å²) in [6.45, 7) is 1.77. The Morgan fingerprint density at radius 2 is 1.86 bits per heavy atom. The van der Waals surface area contributed by atoms with Crippen LogP contribution in [-0.4, -0.2) is 20.9 Å². The average molecular weight is 404 g/mol. The molecule has 0 bridgehead atoms. The van der Waals surface area contributed by atoms with Crippen molar-refractivity contribution in [2.75, 3.05) is 5.32 Å². The van der Waals surface area contributed by atoms with Crippen LogP contribution in [0.15, 0.2) is 54.6 Å². The summed E-state index contributed by atoms with van der Waals surface area (Å²) in [7, 11) is 0. The van der Waals surface area contributed by atoms with E-state index in [1.165, 1.54) is 4.80 Å². The van der Waals surface area contributed by atoms with Gasteiger partial charge in [0.1, 0.15) is 0 Å². The minimum absolute atomic E-state index is 0.262. The van der Waals surface area contributed by atoms with E-state index in [4.69, 9.17) is 0 Å². The van der Waals surface area contributed by atoms with Gasteiger partial charge >= 0.3 is 0 Å². The molecule has 5 nitrogen and oxygen atoms in total. The Morgan fingerprint density at radius 3 is 2.59 bits per heavy atom. The molecule has 0 aliphatic carbocycles. The number of para-hydroxylation sites is 1. The SMILES string of the molecule is Cc1nn(-c2ccccc2)nc1C(=O)Nc1cccc(I)c1. The third-order valence-corrected chi connectivity index (χ3v) is 3.74. The molecule has 1 N–H and O–H groups in total. The van der Waals surface area contributed by atoms with Gasteiger partial charge in [0, 0.05) is 9.26 Å². The van der Waals surface area contributed by atoms with Crippen LogP contribution in [-0.2, 0) is 0 Å². The number of nitrogens with zero attached hydrogens (tertiary/aromatic N) is 3. The highest BCUT2D eigenvalue weighted by Crippen LogP contribution is 2.14. The average Bonchev–Trinajstić information content (AvgIpc) is 2.90. The normalized spacial score (nSPS) is 10.5. The molecule has 1 aromatic heterocycles. The van der Waals surface area contributed by atoms with E-state index in [0.29, 0.717) is 11.4 Å². The molecule has 0 aliphatic rings. The van der Waals surface area contributed by atoms with Gasteiger partial charge < -0.3 is 5.32 Å². The van der Waals surface area contributed by atoms with Gasteiger partial charge in [0.15, 0.2) is 5.69 Å². The monoisotopic (exact) mass is 404 g/mol. The van der Waals surface area contributed by atoms with Crippen molar-refractivity contribution < 1.29 is 4.79 Å². The fourth-order valence-corrected chi connectivity index (χ4v) is 2.57. The maximum Gasteiger partial charge on any atom is 0.278 e. The van der Waals surface area contributed by atoms with E-state index in [-0.39, 0.29) is 5.91 Å². The van der Waals surface area contributed by atoms with Gasteiger partial charge in [-0.3, -0.25) is 4.79 Å². The summed E-state index contributed by atoms with van der Waals surface area (Å²) in [5.74, 6) is -0.262. The molecule has 3 rings (SSSR count). The van der Waals surface area contributed by atoms with Crippen molar-refractivity contribution in [1.29, 1.82) is 0 Å². The van der Waals surface area contributed by atoms with Crippen LogP contribution in [0, 0.1) is 10.5 Å². The largest absolute Gasteiger partial charge is 0.321 e. The lowest BCUT2D eigenvalue weighted by molar-refractivity contribution is 0.102. The molecule has 0 spiro atoms. The van der Waals surface area contributed by atoms with Crippen LogP contribution in [0.1, 0.15) is 16.2 Å². The molecule has 0 unspecified atom stereocenters. The molecule has 6 heteroatoms. The Morgan fingerprint density at radius 1 is 1.09 bits per heavy atom. The molecule has 1 amide bonds. The van der Waals surface area contributed by atoms with Gasteiger partial charge in [0.2, 0.25) is 0 Å². The third-order valence-electron chi connectivity index (χ3n) is 3.07. The molecule has 110 valence electrons. The Kier molecular flexibility index (Phi) is 4.19. The minimum atomic E-state index is -0.262. The van der Waals surface area contributed by atoms with Crippen LogP contribution in [0.2, 0.25) is 0 Å². The highest BCUT2D eigenvalue weighted by atomic mass is 127. The summed E-state index contributed by atoms with van der Waals surface area (Å²) in [5.41, 5.74) is 2.47. The second kappa shape index (κ2) is 6.27. The van der Waals surface area contributed by atoms with E-state index in [2.05, 4.69) is 38.1 Å². The van der Waals surface area contributed by atoms with E-state index in [1.807, 2.05) is 54.6 Å². The van der Waals surface area contributed by atoms with Crippen LogP contribution in [0.25, 0.3) is 5.69 Å². The van der Waals surface area contributed by atoms with Crippen LogP contribution < -0.4 is 5.32 Å². The quantitative estimate of drug-likeness (QED) is 0.681. The van der Waals surface area contributed by atoms with E-state index in [9.17, 15) is 4.79 Å². The van der Waals surface area contributed by atoms with E-state index >= 15 is 0 Å². The number of anilines is 1. The number of halogens is 1. The fourth-order valence-electron chi connectivity index (χ4n) is 2.02. The molecular formula is C16H13IN4O. The number of benzene rings is 2. The second-order valence-electron chi connectivity index (χ2n) is 4.72. The number of aromatic nitrogens is 3. The molecule has 1 heterocycles. The van der Waals surface area contributed by atoms with Crippen molar-refractivity contribution in [2.45, 2.75) is 6.92 Å². The molecule has 0 aliphatic heterocycles. The van der Waals surface area contributed by atoms with E-state index in [0.717, 1.165) is 14.9 Å². The summed E-state index contributed by atoms with van der Waals surface area (Å²) in [6.07, 6.45) is 0. The number of carbonyl (C=O) groups is 1. The van der Waals surface area contributed by atoms with Gasteiger partial charge in [-0.15, -0.1) is 5.10 Å². The van der Waals surface area contributed by atoms with Gasteiger partial charge in [-0.1, -0.05) is 24.3 Å². The maximum absolute atomic E-state index is 12.4.